The molecule has 1 N–H and O–H groups in total. The second-order valence-electron chi connectivity index (χ2n) is 3.98. The summed E-state index contributed by atoms with van der Waals surface area (Å²) in [5.41, 5.74) is 1.55. The van der Waals surface area contributed by atoms with Gasteiger partial charge in [-0.15, -0.1) is 10.2 Å². The summed E-state index contributed by atoms with van der Waals surface area (Å²) in [6, 6.07) is 10.3. The highest BCUT2D eigenvalue weighted by Gasteiger charge is 2.11. The van der Waals surface area contributed by atoms with Crippen LogP contribution in [0.1, 0.15) is 6.92 Å². The van der Waals surface area contributed by atoms with Crippen molar-refractivity contribution in [3.63, 3.8) is 0 Å². The second kappa shape index (κ2) is 5.36. The lowest BCUT2D eigenvalue weighted by Gasteiger charge is -2.04. The highest BCUT2D eigenvalue weighted by Crippen LogP contribution is 2.20. The molecule has 0 radical (unpaired) electrons. The minimum Gasteiger partial charge on any atom is -0.372 e. The molecule has 1 aromatic heterocycles. The summed E-state index contributed by atoms with van der Waals surface area (Å²) in [6.07, 6.45) is 0. The van der Waals surface area contributed by atoms with Gasteiger partial charge in [0.1, 0.15) is 5.82 Å². The van der Waals surface area contributed by atoms with Crippen LogP contribution >= 0.6 is 0 Å². The molecule has 0 aliphatic heterocycles. The third-order valence-electron chi connectivity index (χ3n) is 2.81. The molecule has 2 rings (SSSR count). The van der Waals surface area contributed by atoms with Gasteiger partial charge in [-0.05, 0) is 24.3 Å². The molecule has 19 heavy (non-hydrogen) atoms. The summed E-state index contributed by atoms with van der Waals surface area (Å²) in [4.78, 5) is 0.332. The molecule has 1 heterocycles. The third kappa shape index (κ3) is 2.90. The third-order valence-corrected chi connectivity index (χ3v) is 4.56. The van der Waals surface area contributed by atoms with Gasteiger partial charge in [0.2, 0.25) is 0 Å². The van der Waals surface area contributed by atoms with Crippen LogP contribution in [0.4, 0.5) is 5.82 Å². The van der Waals surface area contributed by atoms with Crippen molar-refractivity contribution in [2.45, 2.75) is 11.8 Å². The van der Waals surface area contributed by atoms with E-state index in [0.29, 0.717) is 16.4 Å². The maximum absolute atomic E-state index is 11.7. The predicted molar refractivity (Wildman–Crippen MR) is 74.7 cm³/mol. The molecule has 100 valence electrons. The Morgan fingerprint density at radius 1 is 1.05 bits per heavy atom. The second-order valence-corrected chi connectivity index (χ2v) is 6.26. The number of nitrogens with zero attached hydrogens (tertiary/aromatic N) is 2. The Balaban J connectivity index is 2.32. The van der Waals surface area contributed by atoms with Gasteiger partial charge in [-0.25, -0.2) is 8.42 Å². The first-order valence-corrected chi connectivity index (χ1v) is 7.56. The number of hydrogen-bond donors (Lipinski definition) is 1. The van der Waals surface area contributed by atoms with Crippen molar-refractivity contribution in [2.75, 3.05) is 18.1 Å². The van der Waals surface area contributed by atoms with Gasteiger partial charge in [0.05, 0.1) is 16.3 Å². The van der Waals surface area contributed by atoms with Crippen LogP contribution in [0.25, 0.3) is 11.3 Å². The Bertz CT molecular complexity index is 649. The highest BCUT2D eigenvalue weighted by molar-refractivity contribution is 7.91. The first kappa shape index (κ1) is 13.5. The fraction of sp³-hybridized carbons (Fsp3) is 0.231. The van der Waals surface area contributed by atoms with Crippen molar-refractivity contribution in [1.29, 1.82) is 0 Å². The summed E-state index contributed by atoms with van der Waals surface area (Å²) in [7, 11) is -1.38. The van der Waals surface area contributed by atoms with Gasteiger partial charge in [0.15, 0.2) is 9.84 Å². The molecule has 6 heteroatoms. The number of hydrogen-bond acceptors (Lipinski definition) is 5. The number of aromatic nitrogens is 2. The zero-order valence-corrected chi connectivity index (χ0v) is 11.6. The van der Waals surface area contributed by atoms with Crippen molar-refractivity contribution in [3.8, 4) is 11.3 Å². The van der Waals surface area contributed by atoms with Crippen molar-refractivity contribution >= 4 is 15.7 Å². The summed E-state index contributed by atoms with van der Waals surface area (Å²) >= 11 is 0. The summed E-state index contributed by atoms with van der Waals surface area (Å²) in [5.74, 6) is 0.789. The van der Waals surface area contributed by atoms with Gasteiger partial charge >= 0.3 is 0 Å². The van der Waals surface area contributed by atoms with E-state index in [4.69, 9.17) is 0 Å². The molecule has 0 saturated carbocycles. The topological polar surface area (TPSA) is 72.0 Å². The number of anilines is 1. The van der Waals surface area contributed by atoms with Crippen molar-refractivity contribution in [1.82, 2.24) is 10.2 Å². The van der Waals surface area contributed by atoms with Crippen LogP contribution in [0.5, 0.6) is 0 Å². The fourth-order valence-electron chi connectivity index (χ4n) is 1.62. The van der Waals surface area contributed by atoms with Gasteiger partial charge in [-0.3, -0.25) is 0 Å². The van der Waals surface area contributed by atoms with E-state index in [9.17, 15) is 8.42 Å². The lowest BCUT2D eigenvalue weighted by Crippen LogP contribution is -2.03. The number of benzene rings is 1. The first-order chi connectivity index (χ1) is 9.06. The van der Waals surface area contributed by atoms with Crippen LogP contribution in [0.3, 0.4) is 0 Å². The molecule has 0 aliphatic rings. The molecule has 0 saturated heterocycles. The normalized spacial score (nSPS) is 11.3. The van der Waals surface area contributed by atoms with Gasteiger partial charge in [0, 0.05) is 12.6 Å². The van der Waals surface area contributed by atoms with Gasteiger partial charge in [0.25, 0.3) is 0 Å². The van der Waals surface area contributed by atoms with Crippen LogP contribution in [0.15, 0.2) is 41.3 Å². The lowest BCUT2D eigenvalue weighted by molar-refractivity contribution is 0.597. The monoisotopic (exact) mass is 277 g/mol. The number of rotatable bonds is 4. The molecule has 0 fully saturated rings. The molecule has 1 aromatic carbocycles. The molecule has 5 nitrogen and oxygen atoms in total. The number of nitrogens with one attached hydrogen (secondary N) is 1. The summed E-state index contributed by atoms with van der Waals surface area (Å²) in [6.45, 7) is 1.63. The smallest absolute Gasteiger partial charge is 0.178 e. The number of sulfone groups is 1. The maximum atomic E-state index is 11.7. The van der Waals surface area contributed by atoms with E-state index in [0.717, 1.165) is 5.56 Å². The molecule has 0 bridgehead atoms. The van der Waals surface area contributed by atoms with Gasteiger partial charge in [-0.2, -0.15) is 0 Å². The summed E-state index contributed by atoms with van der Waals surface area (Å²) < 4.78 is 23.4. The van der Waals surface area contributed by atoms with Crippen LogP contribution < -0.4 is 5.32 Å². The minimum atomic E-state index is -3.15. The van der Waals surface area contributed by atoms with E-state index >= 15 is 0 Å². The quantitative estimate of drug-likeness (QED) is 0.925. The van der Waals surface area contributed by atoms with Crippen molar-refractivity contribution in [3.05, 3.63) is 36.4 Å². The molecular weight excluding hydrogens is 262 g/mol. The minimum absolute atomic E-state index is 0.100. The van der Waals surface area contributed by atoms with Crippen molar-refractivity contribution in [2.24, 2.45) is 0 Å². The van der Waals surface area contributed by atoms with E-state index in [1.807, 2.05) is 12.1 Å². The van der Waals surface area contributed by atoms with E-state index in [1.165, 1.54) is 0 Å². The van der Waals surface area contributed by atoms with Gasteiger partial charge < -0.3 is 5.32 Å². The Morgan fingerprint density at radius 2 is 1.74 bits per heavy atom. The van der Waals surface area contributed by atoms with Crippen molar-refractivity contribution < 1.29 is 8.42 Å². The molecular formula is C13H15N3O2S. The Labute approximate surface area is 112 Å². The average Bonchev–Trinajstić information content (AvgIpc) is 2.47. The van der Waals surface area contributed by atoms with E-state index < -0.39 is 9.84 Å². The lowest BCUT2D eigenvalue weighted by atomic mass is 10.1. The molecule has 0 spiro atoms. The molecule has 2 aromatic rings. The largest absolute Gasteiger partial charge is 0.372 e. The highest BCUT2D eigenvalue weighted by atomic mass is 32.2. The van der Waals surface area contributed by atoms with E-state index in [2.05, 4.69) is 15.5 Å². The first-order valence-electron chi connectivity index (χ1n) is 5.91. The van der Waals surface area contributed by atoms with Crippen LogP contribution in [-0.4, -0.2) is 31.4 Å². The fourth-order valence-corrected chi connectivity index (χ4v) is 2.50. The molecule has 0 atom stereocenters. The van der Waals surface area contributed by atoms with Crippen LogP contribution in [0.2, 0.25) is 0 Å². The average molecular weight is 277 g/mol. The van der Waals surface area contributed by atoms with E-state index in [-0.39, 0.29) is 5.75 Å². The SMILES string of the molecule is CCS(=O)(=O)c1ccc(-c2ccc(NC)nn2)cc1. The molecule has 0 amide bonds. The maximum Gasteiger partial charge on any atom is 0.178 e. The Kier molecular flexibility index (Phi) is 3.80. The zero-order chi connectivity index (χ0) is 13.9. The molecule has 0 unspecified atom stereocenters. The van der Waals surface area contributed by atoms with E-state index in [1.54, 1.807) is 38.2 Å². The summed E-state index contributed by atoms with van der Waals surface area (Å²) in [5, 5.41) is 10.9. The van der Waals surface area contributed by atoms with Crippen LogP contribution in [0, 0.1) is 0 Å². The molecule has 0 aliphatic carbocycles. The van der Waals surface area contributed by atoms with Crippen LogP contribution in [-0.2, 0) is 9.84 Å². The zero-order valence-electron chi connectivity index (χ0n) is 10.8. The Morgan fingerprint density at radius 3 is 2.21 bits per heavy atom. The standard InChI is InChI=1S/C13H15N3O2S/c1-3-19(17,18)11-6-4-10(5-7-11)12-8-9-13(14-2)16-15-12/h4-9H,3H2,1-2H3,(H,14,16). The van der Waals surface area contributed by atoms with Gasteiger partial charge in [-0.1, -0.05) is 19.1 Å². The Hall–Kier alpha value is -1.95. The predicted octanol–water partition coefficient (Wildman–Crippen LogP) is 1.98.